The molecule has 0 aliphatic rings. The summed E-state index contributed by atoms with van der Waals surface area (Å²) in [5, 5.41) is 6.24. The van der Waals surface area contributed by atoms with Gasteiger partial charge in [-0.15, -0.1) is 0 Å². The first-order valence-electron chi connectivity index (χ1n) is 7.83. The van der Waals surface area contributed by atoms with Crippen molar-refractivity contribution in [2.45, 2.75) is 0 Å². The van der Waals surface area contributed by atoms with Crippen LogP contribution in [0.1, 0.15) is 5.56 Å². The van der Waals surface area contributed by atoms with Gasteiger partial charge in [0.25, 0.3) is 0 Å². The molecule has 0 spiro atoms. The number of fused-ring (bicyclic) bond motifs is 1. The van der Waals surface area contributed by atoms with Gasteiger partial charge in [0.1, 0.15) is 5.58 Å². The van der Waals surface area contributed by atoms with Gasteiger partial charge in [-0.25, -0.2) is 9.78 Å². The highest BCUT2D eigenvalue weighted by molar-refractivity contribution is 9.10. The highest BCUT2D eigenvalue weighted by Gasteiger charge is 2.11. The van der Waals surface area contributed by atoms with Crippen LogP contribution in [0.4, 0.5) is 5.13 Å². The predicted molar refractivity (Wildman–Crippen MR) is 114 cm³/mol. The van der Waals surface area contributed by atoms with Gasteiger partial charge in [-0.3, -0.25) is 5.43 Å². The topological polar surface area (TPSA) is 67.5 Å². The monoisotopic (exact) mass is 459 g/mol. The molecule has 8 heteroatoms. The molecule has 0 unspecified atom stereocenters. The van der Waals surface area contributed by atoms with E-state index in [1.165, 1.54) is 11.3 Å². The lowest BCUT2D eigenvalue weighted by atomic mass is 10.2. The number of nitrogens with zero attached hydrogens (tertiary/aromatic N) is 2. The molecule has 2 aromatic carbocycles. The Morgan fingerprint density at radius 3 is 2.81 bits per heavy atom. The third-order valence-electron chi connectivity index (χ3n) is 3.71. The molecule has 4 rings (SSSR count). The van der Waals surface area contributed by atoms with Crippen molar-refractivity contribution >= 4 is 61.2 Å². The summed E-state index contributed by atoms with van der Waals surface area (Å²) >= 11 is 10.6. The van der Waals surface area contributed by atoms with E-state index in [4.69, 9.17) is 16.0 Å². The van der Waals surface area contributed by atoms with Gasteiger partial charge in [0.05, 0.1) is 16.7 Å². The number of thiazole rings is 1. The summed E-state index contributed by atoms with van der Waals surface area (Å²) in [6.07, 6.45) is 3.29. The van der Waals surface area contributed by atoms with Gasteiger partial charge in [0.15, 0.2) is 0 Å². The number of rotatable bonds is 4. The number of hydrogen-bond donors (Lipinski definition) is 1. The smallest absolute Gasteiger partial charge is 0.345 e. The first-order valence-corrected chi connectivity index (χ1v) is 9.81. The molecule has 0 radical (unpaired) electrons. The van der Waals surface area contributed by atoms with Crippen molar-refractivity contribution in [3.8, 4) is 10.4 Å². The lowest BCUT2D eigenvalue weighted by Gasteiger charge is -2.00. The van der Waals surface area contributed by atoms with Gasteiger partial charge in [0.2, 0.25) is 5.13 Å². The molecule has 0 saturated heterocycles. The van der Waals surface area contributed by atoms with Crippen molar-refractivity contribution in [3.05, 3.63) is 80.2 Å². The summed E-state index contributed by atoms with van der Waals surface area (Å²) in [5.74, 6) is 0. The van der Waals surface area contributed by atoms with Gasteiger partial charge in [0, 0.05) is 21.1 Å². The molecule has 2 aromatic heterocycles. The Balaban J connectivity index is 1.57. The Kier molecular flexibility index (Phi) is 5.07. The number of halogens is 2. The van der Waals surface area contributed by atoms with E-state index in [2.05, 4.69) is 31.4 Å². The van der Waals surface area contributed by atoms with Crippen LogP contribution < -0.4 is 11.1 Å². The van der Waals surface area contributed by atoms with Gasteiger partial charge in [-0.1, -0.05) is 51.0 Å². The zero-order valence-corrected chi connectivity index (χ0v) is 16.8. The van der Waals surface area contributed by atoms with Crippen molar-refractivity contribution in [3.63, 3.8) is 0 Å². The fourth-order valence-electron chi connectivity index (χ4n) is 2.43. The van der Waals surface area contributed by atoms with Crippen LogP contribution in [0.2, 0.25) is 5.02 Å². The van der Waals surface area contributed by atoms with Gasteiger partial charge in [-0.2, -0.15) is 5.10 Å². The Morgan fingerprint density at radius 1 is 1.19 bits per heavy atom. The van der Waals surface area contributed by atoms with E-state index in [1.807, 2.05) is 24.3 Å². The fraction of sp³-hybridized carbons (Fsp3) is 0. The van der Waals surface area contributed by atoms with E-state index in [-0.39, 0.29) is 0 Å². The summed E-state index contributed by atoms with van der Waals surface area (Å²) in [6.45, 7) is 0. The fourth-order valence-corrected chi connectivity index (χ4v) is 3.70. The second-order valence-electron chi connectivity index (χ2n) is 5.58. The number of nitrogens with one attached hydrogen (secondary N) is 1. The van der Waals surface area contributed by atoms with E-state index in [1.54, 1.807) is 36.7 Å². The van der Waals surface area contributed by atoms with Crippen LogP contribution in [-0.2, 0) is 0 Å². The highest BCUT2D eigenvalue weighted by Crippen LogP contribution is 2.29. The van der Waals surface area contributed by atoms with E-state index in [0.29, 0.717) is 26.2 Å². The largest absolute Gasteiger partial charge is 0.422 e. The van der Waals surface area contributed by atoms with Crippen LogP contribution in [0.3, 0.4) is 0 Å². The molecule has 0 saturated carbocycles. The minimum atomic E-state index is -0.398. The van der Waals surface area contributed by atoms with Crippen molar-refractivity contribution < 1.29 is 4.42 Å². The van der Waals surface area contributed by atoms with Gasteiger partial charge in [-0.05, 0) is 42.0 Å². The maximum Gasteiger partial charge on any atom is 0.345 e. The highest BCUT2D eigenvalue weighted by atomic mass is 79.9. The molecular weight excluding hydrogens is 450 g/mol. The van der Waals surface area contributed by atoms with Crippen LogP contribution in [0.5, 0.6) is 0 Å². The normalized spacial score (nSPS) is 11.3. The Hall–Kier alpha value is -2.48. The van der Waals surface area contributed by atoms with Crippen LogP contribution in [0, 0.1) is 0 Å². The molecule has 27 heavy (non-hydrogen) atoms. The SMILES string of the molecule is O=c1oc2ccc(Br)cc2cc1-c1cnc(N/N=C/c2ccc(Cl)cc2)s1. The Morgan fingerprint density at radius 2 is 2.00 bits per heavy atom. The third kappa shape index (κ3) is 4.10. The third-order valence-corrected chi connectivity index (χ3v) is 5.39. The number of hydrazone groups is 1. The predicted octanol–water partition coefficient (Wildman–Crippen LogP) is 5.78. The molecule has 0 atom stereocenters. The zero-order valence-electron chi connectivity index (χ0n) is 13.6. The molecule has 0 aliphatic heterocycles. The Labute approximate surface area is 171 Å². The summed E-state index contributed by atoms with van der Waals surface area (Å²) in [4.78, 5) is 17.3. The number of aromatic nitrogens is 1. The molecule has 0 bridgehead atoms. The minimum absolute atomic E-state index is 0.398. The molecular formula is C19H11BrClN3O2S. The van der Waals surface area contributed by atoms with Crippen molar-refractivity contribution in [1.29, 1.82) is 0 Å². The summed E-state index contributed by atoms with van der Waals surface area (Å²) < 4.78 is 6.32. The lowest BCUT2D eigenvalue weighted by Crippen LogP contribution is -2.01. The number of hydrogen-bond acceptors (Lipinski definition) is 6. The molecule has 4 aromatic rings. The molecule has 0 fully saturated rings. The Bertz CT molecular complexity index is 1200. The van der Waals surface area contributed by atoms with E-state index >= 15 is 0 Å². The van der Waals surface area contributed by atoms with Gasteiger partial charge < -0.3 is 4.42 Å². The first kappa shape index (κ1) is 17.9. The number of anilines is 1. The average Bonchev–Trinajstić information content (AvgIpc) is 3.12. The number of benzene rings is 2. The molecule has 5 nitrogen and oxygen atoms in total. The van der Waals surface area contributed by atoms with Crippen LogP contribution >= 0.6 is 38.9 Å². The molecule has 0 amide bonds. The second kappa shape index (κ2) is 7.64. The van der Waals surface area contributed by atoms with Crippen molar-refractivity contribution in [1.82, 2.24) is 4.98 Å². The quantitative estimate of drug-likeness (QED) is 0.238. The van der Waals surface area contributed by atoms with Crippen molar-refractivity contribution in [2.24, 2.45) is 5.10 Å². The van der Waals surface area contributed by atoms with Crippen molar-refractivity contribution in [2.75, 3.05) is 5.43 Å². The summed E-state index contributed by atoms with van der Waals surface area (Å²) in [6, 6.07) is 14.6. The van der Waals surface area contributed by atoms with E-state index in [0.717, 1.165) is 15.4 Å². The van der Waals surface area contributed by atoms with Crippen LogP contribution in [0.25, 0.3) is 21.4 Å². The lowest BCUT2D eigenvalue weighted by molar-refractivity contribution is 0.563. The average molecular weight is 461 g/mol. The molecule has 2 heterocycles. The van der Waals surface area contributed by atoms with Crippen LogP contribution in [0.15, 0.2) is 73.5 Å². The summed E-state index contributed by atoms with van der Waals surface area (Å²) in [7, 11) is 0. The maximum atomic E-state index is 12.3. The maximum absolute atomic E-state index is 12.3. The van der Waals surface area contributed by atoms with Gasteiger partial charge >= 0.3 is 5.63 Å². The van der Waals surface area contributed by atoms with Crippen LogP contribution in [-0.4, -0.2) is 11.2 Å². The first-order chi connectivity index (χ1) is 13.1. The summed E-state index contributed by atoms with van der Waals surface area (Å²) in [5.41, 5.74) is 4.39. The standard InChI is InChI=1S/C19H11BrClN3O2S/c20-13-3-6-16-12(7-13)8-15(18(25)26-16)17-10-22-19(27-17)24-23-9-11-1-4-14(21)5-2-11/h1-10H,(H,22,24)/b23-9+. The molecule has 1 N–H and O–H groups in total. The minimum Gasteiger partial charge on any atom is -0.422 e. The zero-order chi connectivity index (χ0) is 18.8. The second-order valence-corrected chi connectivity index (χ2v) is 7.96. The van der Waals surface area contributed by atoms with E-state index in [9.17, 15) is 4.79 Å². The molecule has 134 valence electrons. The molecule has 0 aliphatic carbocycles. The van der Waals surface area contributed by atoms with E-state index < -0.39 is 5.63 Å².